The first kappa shape index (κ1) is 16.9. The summed E-state index contributed by atoms with van der Waals surface area (Å²) in [6.45, 7) is -0.0538. The normalized spacial score (nSPS) is 12.8. The molecule has 0 bridgehead atoms. The first-order valence-corrected chi connectivity index (χ1v) is 8.29. The van der Waals surface area contributed by atoms with E-state index in [1.165, 1.54) is 18.3 Å². The lowest BCUT2D eigenvalue weighted by atomic mass is 9.99. The SMILES string of the molecule is O=c1ccn2c(n1)CN=C(c1c(F)cccc1F)c1c-2ccc(Cl)c1Cl. The minimum atomic E-state index is -0.779. The molecule has 0 spiro atoms. The second-order valence-corrected chi connectivity index (χ2v) is 6.35. The Morgan fingerprint density at radius 1 is 1.00 bits per heavy atom. The van der Waals surface area contributed by atoms with Gasteiger partial charge in [0.1, 0.15) is 17.5 Å². The van der Waals surface area contributed by atoms with E-state index in [0.717, 1.165) is 12.1 Å². The van der Waals surface area contributed by atoms with Crippen LogP contribution in [0.3, 0.4) is 0 Å². The molecule has 0 saturated heterocycles. The maximum Gasteiger partial charge on any atom is 0.272 e. The van der Waals surface area contributed by atoms with Crippen LogP contribution < -0.4 is 5.56 Å². The Hall–Kier alpha value is -2.57. The molecule has 1 aliphatic heterocycles. The van der Waals surface area contributed by atoms with E-state index in [9.17, 15) is 13.6 Å². The number of hydrogen-bond donors (Lipinski definition) is 0. The zero-order valence-electron chi connectivity index (χ0n) is 13.0. The Morgan fingerprint density at radius 3 is 2.46 bits per heavy atom. The van der Waals surface area contributed by atoms with Gasteiger partial charge in [-0.25, -0.2) is 8.78 Å². The number of halogens is 4. The van der Waals surface area contributed by atoms with Gasteiger partial charge in [0.15, 0.2) is 0 Å². The quantitative estimate of drug-likeness (QED) is 0.624. The fourth-order valence-corrected chi connectivity index (χ4v) is 3.30. The number of benzene rings is 2. The average Bonchev–Trinajstić information content (AvgIpc) is 2.75. The van der Waals surface area contributed by atoms with Crippen molar-refractivity contribution in [2.45, 2.75) is 6.54 Å². The van der Waals surface area contributed by atoms with E-state index in [0.29, 0.717) is 11.5 Å². The van der Waals surface area contributed by atoms with E-state index < -0.39 is 17.2 Å². The third kappa shape index (κ3) is 2.62. The van der Waals surface area contributed by atoms with Crippen LogP contribution in [0.5, 0.6) is 0 Å². The summed E-state index contributed by atoms with van der Waals surface area (Å²) < 4.78 is 30.4. The summed E-state index contributed by atoms with van der Waals surface area (Å²) in [7, 11) is 0. The fraction of sp³-hybridized carbons (Fsp3) is 0.0556. The molecule has 0 fully saturated rings. The number of aromatic nitrogens is 2. The highest BCUT2D eigenvalue weighted by Gasteiger charge is 2.26. The van der Waals surface area contributed by atoms with E-state index in [4.69, 9.17) is 23.2 Å². The number of rotatable bonds is 1. The van der Waals surface area contributed by atoms with Gasteiger partial charge in [0.05, 0.1) is 33.6 Å². The molecule has 0 unspecified atom stereocenters. The third-order valence-corrected chi connectivity index (χ3v) is 4.84. The molecule has 0 radical (unpaired) electrons. The highest BCUT2D eigenvalue weighted by molar-refractivity contribution is 6.45. The van der Waals surface area contributed by atoms with Gasteiger partial charge in [-0.2, -0.15) is 4.98 Å². The molecule has 0 atom stereocenters. The summed E-state index contributed by atoms with van der Waals surface area (Å²) >= 11 is 12.5. The summed E-state index contributed by atoms with van der Waals surface area (Å²) in [4.78, 5) is 19.9. The Labute approximate surface area is 156 Å². The average molecular weight is 392 g/mol. The van der Waals surface area contributed by atoms with Gasteiger partial charge in [-0.3, -0.25) is 9.79 Å². The molecular formula is C18H9Cl2F2N3O. The monoisotopic (exact) mass is 391 g/mol. The zero-order chi connectivity index (χ0) is 18.4. The van der Waals surface area contributed by atoms with Gasteiger partial charge in [0.2, 0.25) is 0 Å². The summed E-state index contributed by atoms with van der Waals surface area (Å²) in [5.41, 5.74) is 0.0106. The second-order valence-electron chi connectivity index (χ2n) is 5.57. The van der Waals surface area contributed by atoms with Gasteiger partial charge < -0.3 is 4.57 Å². The summed E-state index contributed by atoms with van der Waals surface area (Å²) in [5, 5.41) is 0.324. The predicted octanol–water partition coefficient (Wildman–Crippen LogP) is 4.17. The van der Waals surface area contributed by atoms with Crippen LogP contribution >= 0.6 is 23.2 Å². The Kier molecular flexibility index (Phi) is 4.09. The van der Waals surface area contributed by atoms with Crippen LogP contribution in [0.15, 0.2) is 52.4 Å². The molecule has 4 rings (SSSR count). The lowest BCUT2D eigenvalue weighted by Gasteiger charge is -2.16. The fourth-order valence-electron chi connectivity index (χ4n) is 2.90. The summed E-state index contributed by atoms with van der Waals surface area (Å²) in [6, 6.07) is 8.02. The van der Waals surface area contributed by atoms with Crippen LogP contribution in [0.2, 0.25) is 10.0 Å². The molecule has 3 aromatic rings. The predicted molar refractivity (Wildman–Crippen MR) is 95.6 cm³/mol. The highest BCUT2D eigenvalue weighted by atomic mass is 35.5. The summed E-state index contributed by atoms with van der Waals surface area (Å²) in [6.07, 6.45) is 1.52. The molecule has 0 saturated carbocycles. The van der Waals surface area contributed by atoms with E-state index in [1.54, 1.807) is 16.7 Å². The minimum absolute atomic E-state index is 0.0149. The van der Waals surface area contributed by atoms with Gasteiger partial charge in [0.25, 0.3) is 5.56 Å². The van der Waals surface area contributed by atoms with Crippen molar-refractivity contribution in [3.05, 3.63) is 91.6 Å². The second kappa shape index (κ2) is 6.30. The van der Waals surface area contributed by atoms with E-state index in [2.05, 4.69) is 9.98 Å². The van der Waals surface area contributed by atoms with Crippen LogP contribution in [0.1, 0.15) is 17.0 Å². The molecule has 1 aromatic heterocycles. The summed E-state index contributed by atoms with van der Waals surface area (Å²) in [5.74, 6) is -1.23. The first-order chi connectivity index (χ1) is 12.5. The molecule has 2 heterocycles. The van der Waals surface area contributed by atoms with E-state index in [-0.39, 0.29) is 33.4 Å². The Morgan fingerprint density at radius 2 is 1.73 bits per heavy atom. The van der Waals surface area contributed by atoms with Crippen molar-refractivity contribution in [2.24, 2.45) is 4.99 Å². The van der Waals surface area contributed by atoms with Crippen LogP contribution in [0.4, 0.5) is 8.78 Å². The van der Waals surface area contributed by atoms with Gasteiger partial charge in [-0.05, 0) is 24.3 Å². The number of hydrogen-bond acceptors (Lipinski definition) is 3. The minimum Gasteiger partial charge on any atom is -0.303 e. The number of nitrogens with zero attached hydrogens (tertiary/aromatic N) is 3. The Bertz CT molecular complexity index is 1120. The van der Waals surface area contributed by atoms with Crippen LogP contribution in [-0.4, -0.2) is 15.3 Å². The number of aliphatic imine (C=N–C) groups is 1. The Balaban J connectivity index is 2.11. The third-order valence-electron chi connectivity index (χ3n) is 4.03. The molecule has 8 heteroatoms. The van der Waals surface area contributed by atoms with Crippen molar-refractivity contribution >= 4 is 28.9 Å². The van der Waals surface area contributed by atoms with E-state index >= 15 is 0 Å². The van der Waals surface area contributed by atoms with Crippen LogP contribution in [0.25, 0.3) is 5.69 Å². The largest absolute Gasteiger partial charge is 0.303 e. The standard InChI is InChI=1S/C18H9Cl2F2N3O/c19-9-4-5-12-16(17(9)20)18(15-10(21)2-1-3-11(15)22)23-8-13-24-14(26)6-7-25(12)13/h1-7H,8H2. The van der Waals surface area contributed by atoms with Crippen molar-refractivity contribution in [3.63, 3.8) is 0 Å². The van der Waals surface area contributed by atoms with Gasteiger partial charge >= 0.3 is 0 Å². The molecule has 0 N–H and O–H groups in total. The maximum absolute atomic E-state index is 14.4. The van der Waals surface area contributed by atoms with Crippen molar-refractivity contribution in [2.75, 3.05) is 0 Å². The van der Waals surface area contributed by atoms with Crippen LogP contribution in [0, 0.1) is 11.6 Å². The zero-order valence-corrected chi connectivity index (χ0v) is 14.5. The van der Waals surface area contributed by atoms with Crippen molar-refractivity contribution < 1.29 is 8.78 Å². The van der Waals surface area contributed by atoms with Gasteiger partial charge in [-0.1, -0.05) is 29.3 Å². The number of fused-ring (bicyclic) bond motifs is 3. The van der Waals surface area contributed by atoms with Crippen molar-refractivity contribution in [3.8, 4) is 5.69 Å². The van der Waals surface area contributed by atoms with Crippen molar-refractivity contribution in [1.29, 1.82) is 0 Å². The van der Waals surface area contributed by atoms with Crippen LogP contribution in [-0.2, 0) is 6.54 Å². The topological polar surface area (TPSA) is 47.2 Å². The van der Waals surface area contributed by atoms with Crippen molar-refractivity contribution in [1.82, 2.24) is 9.55 Å². The highest BCUT2D eigenvalue weighted by Crippen LogP contribution is 2.35. The smallest absolute Gasteiger partial charge is 0.272 e. The molecule has 26 heavy (non-hydrogen) atoms. The maximum atomic E-state index is 14.4. The molecule has 2 aromatic carbocycles. The molecule has 0 aliphatic carbocycles. The molecular weight excluding hydrogens is 383 g/mol. The van der Waals surface area contributed by atoms with E-state index in [1.807, 2.05) is 0 Å². The lowest BCUT2D eigenvalue weighted by molar-refractivity contribution is 0.579. The first-order valence-electron chi connectivity index (χ1n) is 7.53. The molecule has 1 aliphatic rings. The van der Waals surface area contributed by atoms with Gasteiger partial charge in [0, 0.05) is 17.8 Å². The molecule has 4 nitrogen and oxygen atoms in total. The van der Waals surface area contributed by atoms with Gasteiger partial charge in [-0.15, -0.1) is 0 Å². The molecule has 130 valence electrons. The lowest BCUT2D eigenvalue weighted by Crippen LogP contribution is -2.15. The molecule has 0 amide bonds.